The van der Waals surface area contributed by atoms with Gasteiger partial charge in [0.05, 0.1) is 6.61 Å². The van der Waals surface area contributed by atoms with Crippen LogP contribution in [0, 0.1) is 20.8 Å². The van der Waals surface area contributed by atoms with Gasteiger partial charge in [0, 0.05) is 29.8 Å². The van der Waals surface area contributed by atoms with E-state index < -0.39 is 0 Å². The van der Waals surface area contributed by atoms with E-state index in [1.54, 1.807) is 0 Å². The summed E-state index contributed by atoms with van der Waals surface area (Å²) in [6.07, 6.45) is 0.764. The summed E-state index contributed by atoms with van der Waals surface area (Å²) in [5.41, 5.74) is 4.86. The Morgan fingerprint density at radius 2 is 1.76 bits per heavy atom. The second-order valence-corrected chi connectivity index (χ2v) is 7.18. The van der Waals surface area contributed by atoms with E-state index in [2.05, 4.69) is 10.3 Å². The van der Waals surface area contributed by atoms with Crippen LogP contribution in [0.2, 0.25) is 0 Å². The average molecular weight is 390 g/mol. The van der Waals surface area contributed by atoms with Gasteiger partial charge in [-0.2, -0.15) is 0 Å². The van der Waals surface area contributed by atoms with Crippen molar-refractivity contribution >= 4 is 5.91 Å². The van der Waals surface area contributed by atoms with Gasteiger partial charge < -0.3 is 15.0 Å². The minimum atomic E-state index is -0.195. The van der Waals surface area contributed by atoms with Crippen LogP contribution < -0.4 is 15.6 Å². The van der Waals surface area contributed by atoms with Crippen LogP contribution in [0.3, 0.4) is 0 Å². The Balaban J connectivity index is 1.59. The first-order valence-corrected chi connectivity index (χ1v) is 9.69. The molecule has 0 aliphatic rings. The molecule has 0 aliphatic carbocycles. The number of aryl methyl sites for hydroxylation is 3. The highest BCUT2D eigenvalue weighted by Gasteiger charge is 2.11. The Bertz CT molecular complexity index is 1060. The lowest BCUT2D eigenvalue weighted by molar-refractivity contribution is 0.0950. The number of nitrogens with one attached hydrogen (secondary N) is 2. The molecule has 0 spiro atoms. The lowest BCUT2D eigenvalue weighted by atomic mass is 10.0. The summed E-state index contributed by atoms with van der Waals surface area (Å²) >= 11 is 0. The molecule has 2 N–H and O–H groups in total. The second kappa shape index (κ2) is 9.24. The topological polar surface area (TPSA) is 71.2 Å². The van der Waals surface area contributed by atoms with Crippen LogP contribution in [0.4, 0.5) is 0 Å². The predicted molar refractivity (Wildman–Crippen MR) is 115 cm³/mol. The molecule has 5 heteroatoms. The molecular formula is C24H26N2O3. The summed E-state index contributed by atoms with van der Waals surface area (Å²) in [6.45, 7) is 6.48. The van der Waals surface area contributed by atoms with Gasteiger partial charge >= 0.3 is 0 Å². The van der Waals surface area contributed by atoms with E-state index in [0.29, 0.717) is 17.7 Å². The monoisotopic (exact) mass is 390 g/mol. The highest BCUT2D eigenvalue weighted by Crippen LogP contribution is 2.14. The minimum Gasteiger partial charge on any atom is -0.493 e. The molecule has 2 aromatic carbocycles. The van der Waals surface area contributed by atoms with Gasteiger partial charge in [-0.25, -0.2) is 0 Å². The van der Waals surface area contributed by atoms with Crippen LogP contribution in [-0.4, -0.2) is 17.5 Å². The van der Waals surface area contributed by atoms with E-state index in [9.17, 15) is 9.59 Å². The first kappa shape index (κ1) is 20.4. The SMILES string of the molecule is Cc1cc(C)c(CNC(=O)c2ccc(CCOc3ccccc3)c(C)c2)c(=O)[nH]1. The molecule has 1 aromatic heterocycles. The largest absolute Gasteiger partial charge is 0.493 e. The maximum absolute atomic E-state index is 12.5. The molecule has 1 heterocycles. The normalized spacial score (nSPS) is 10.6. The molecule has 0 atom stereocenters. The number of aromatic nitrogens is 1. The lowest BCUT2D eigenvalue weighted by Crippen LogP contribution is -2.28. The molecule has 0 aliphatic heterocycles. The van der Waals surface area contributed by atoms with Gasteiger partial charge in [0.2, 0.25) is 0 Å². The van der Waals surface area contributed by atoms with Crippen molar-refractivity contribution in [1.29, 1.82) is 0 Å². The number of rotatable bonds is 7. The summed E-state index contributed by atoms with van der Waals surface area (Å²) in [5.74, 6) is 0.655. The van der Waals surface area contributed by atoms with Crippen molar-refractivity contribution < 1.29 is 9.53 Å². The number of pyridine rings is 1. The van der Waals surface area contributed by atoms with Gasteiger partial charge in [-0.15, -0.1) is 0 Å². The van der Waals surface area contributed by atoms with Gasteiger partial charge in [0.1, 0.15) is 5.75 Å². The fourth-order valence-corrected chi connectivity index (χ4v) is 3.29. The van der Waals surface area contributed by atoms with Crippen molar-refractivity contribution in [3.05, 3.63) is 98.5 Å². The van der Waals surface area contributed by atoms with Crippen LogP contribution >= 0.6 is 0 Å². The van der Waals surface area contributed by atoms with Crippen molar-refractivity contribution in [2.75, 3.05) is 6.61 Å². The van der Waals surface area contributed by atoms with Crippen LogP contribution in [0.15, 0.2) is 59.4 Å². The van der Waals surface area contributed by atoms with E-state index >= 15 is 0 Å². The molecule has 3 rings (SSSR count). The number of ether oxygens (including phenoxy) is 1. The molecule has 5 nitrogen and oxygen atoms in total. The maximum atomic E-state index is 12.5. The Morgan fingerprint density at radius 3 is 2.45 bits per heavy atom. The zero-order valence-electron chi connectivity index (χ0n) is 17.0. The Kier molecular flexibility index (Phi) is 6.50. The smallest absolute Gasteiger partial charge is 0.253 e. The van der Waals surface area contributed by atoms with Crippen molar-refractivity contribution in [3.63, 3.8) is 0 Å². The summed E-state index contributed by atoms with van der Waals surface area (Å²) in [4.78, 5) is 27.4. The molecule has 150 valence electrons. The molecular weight excluding hydrogens is 364 g/mol. The Morgan fingerprint density at radius 1 is 1.00 bits per heavy atom. The van der Waals surface area contributed by atoms with Crippen LogP contribution in [-0.2, 0) is 13.0 Å². The number of carbonyl (C=O) groups is 1. The van der Waals surface area contributed by atoms with Crippen LogP contribution in [0.1, 0.15) is 38.3 Å². The number of benzene rings is 2. The molecule has 0 bridgehead atoms. The fraction of sp³-hybridized carbons (Fsp3) is 0.250. The zero-order chi connectivity index (χ0) is 20.8. The fourth-order valence-electron chi connectivity index (χ4n) is 3.29. The Labute approximate surface area is 170 Å². The standard InChI is InChI=1S/C24H26N2O3/c1-16-14-20(10-9-19(16)11-12-29-21-7-5-4-6-8-21)23(27)25-15-22-17(2)13-18(3)26-24(22)28/h4-10,13-14H,11-12,15H2,1-3H3,(H,25,27)(H,26,28). The van der Waals surface area contributed by atoms with Gasteiger partial charge in [-0.3, -0.25) is 9.59 Å². The number of amides is 1. The maximum Gasteiger partial charge on any atom is 0.253 e. The first-order chi connectivity index (χ1) is 13.9. The second-order valence-electron chi connectivity index (χ2n) is 7.18. The van der Waals surface area contributed by atoms with Crippen molar-refractivity contribution in [2.24, 2.45) is 0 Å². The van der Waals surface area contributed by atoms with Crippen molar-refractivity contribution in [3.8, 4) is 5.75 Å². The van der Waals surface area contributed by atoms with E-state index in [1.807, 2.05) is 75.4 Å². The first-order valence-electron chi connectivity index (χ1n) is 9.69. The van der Waals surface area contributed by atoms with E-state index in [0.717, 1.165) is 34.6 Å². The zero-order valence-corrected chi connectivity index (χ0v) is 17.0. The molecule has 0 saturated carbocycles. The van der Waals surface area contributed by atoms with Gasteiger partial charge in [-0.05, 0) is 67.8 Å². The number of hydrogen-bond donors (Lipinski definition) is 2. The Hall–Kier alpha value is -3.34. The summed E-state index contributed by atoms with van der Waals surface area (Å²) < 4.78 is 5.75. The quantitative estimate of drug-likeness (QED) is 0.644. The number of para-hydroxylation sites is 1. The third kappa shape index (κ3) is 5.35. The molecule has 1 amide bonds. The van der Waals surface area contributed by atoms with E-state index in [1.165, 1.54) is 0 Å². The number of carbonyl (C=O) groups excluding carboxylic acids is 1. The van der Waals surface area contributed by atoms with Gasteiger partial charge in [-0.1, -0.05) is 24.3 Å². The minimum absolute atomic E-state index is 0.159. The van der Waals surface area contributed by atoms with Crippen LogP contribution in [0.5, 0.6) is 5.75 Å². The molecule has 29 heavy (non-hydrogen) atoms. The summed E-state index contributed by atoms with van der Waals surface area (Å²) in [5, 5.41) is 2.84. The third-order valence-electron chi connectivity index (χ3n) is 4.91. The summed E-state index contributed by atoms with van der Waals surface area (Å²) in [7, 11) is 0. The predicted octanol–water partition coefficient (Wildman–Crippen LogP) is 3.85. The van der Waals surface area contributed by atoms with E-state index in [4.69, 9.17) is 4.74 Å². The average Bonchev–Trinajstić information content (AvgIpc) is 2.69. The van der Waals surface area contributed by atoms with Crippen LogP contribution in [0.25, 0.3) is 0 Å². The van der Waals surface area contributed by atoms with E-state index in [-0.39, 0.29) is 18.0 Å². The van der Waals surface area contributed by atoms with Crippen molar-refractivity contribution in [2.45, 2.75) is 33.7 Å². The number of hydrogen-bond acceptors (Lipinski definition) is 3. The number of H-pyrrole nitrogens is 1. The molecule has 3 aromatic rings. The molecule has 0 fully saturated rings. The molecule has 0 saturated heterocycles. The highest BCUT2D eigenvalue weighted by molar-refractivity contribution is 5.94. The number of aromatic amines is 1. The van der Waals surface area contributed by atoms with Gasteiger partial charge in [0.15, 0.2) is 0 Å². The lowest BCUT2D eigenvalue weighted by Gasteiger charge is -2.11. The van der Waals surface area contributed by atoms with Crippen molar-refractivity contribution in [1.82, 2.24) is 10.3 Å². The molecule has 0 radical (unpaired) electrons. The highest BCUT2D eigenvalue weighted by atomic mass is 16.5. The third-order valence-corrected chi connectivity index (χ3v) is 4.91. The van der Waals surface area contributed by atoms with Gasteiger partial charge in [0.25, 0.3) is 11.5 Å². The summed E-state index contributed by atoms with van der Waals surface area (Å²) in [6, 6.07) is 17.3. The molecule has 0 unspecified atom stereocenters.